The summed E-state index contributed by atoms with van der Waals surface area (Å²) in [4.78, 5) is 12.3. The third kappa shape index (κ3) is 4.60. The molecule has 0 spiro atoms. The molecule has 0 atom stereocenters. The fourth-order valence-electron chi connectivity index (χ4n) is 1.92. The van der Waals surface area contributed by atoms with Crippen LogP contribution in [-0.4, -0.2) is 12.0 Å². The third-order valence-corrected chi connectivity index (χ3v) is 3.45. The molecule has 0 saturated carbocycles. The molecule has 21 heavy (non-hydrogen) atoms. The molecule has 110 valence electrons. The predicted molar refractivity (Wildman–Crippen MR) is 89.2 cm³/mol. The first-order valence-electron chi connectivity index (χ1n) is 6.81. The Hall–Kier alpha value is -1.81. The van der Waals surface area contributed by atoms with Crippen LogP contribution < -0.4 is 10.1 Å². The fraction of sp³-hybridized carbons (Fsp3) is 0.235. The van der Waals surface area contributed by atoms with E-state index in [4.69, 9.17) is 4.74 Å². The second-order valence-corrected chi connectivity index (χ2v) is 5.54. The molecular formula is C17H18BrNO2. The molecule has 1 N–H and O–H groups in total. The maximum atomic E-state index is 12.3. The minimum Gasteiger partial charge on any atom is -0.491 e. The number of rotatable bonds is 5. The number of nitrogens with one attached hydrogen (secondary N) is 1. The number of hydrogen-bond donors (Lipinski definition) is 1. The third-order valence-electron chi connectivity index (χ3n) is 2.81. The van der Waals surface area contributed by atoms with E-state index in [1.165, 1.54) is 0 Å². The summed E-state index contributed by atoms with van der Waals surface area (Å²) in [5.74, 6) is 0.558. The van der Waals surface area contributed by atoms with Gasteiger partial charge >= 0.3 is 0 Å². The van der Waals surface area contributed by atoms with Crippen molar-refractivity contribution in [1.29, 1.82) is 0 Å². The molecule has 0 radical (unpaired) electrons. The Morgan fingerprint density at radius 3 is 2.67 bits per heavy atom. The normalized spacial score (nSPS) is 10.5. The summed E-state index contributed by atoms with van der Waals surface area (Å²) in [6.45, 7) is 3.91. The molecule has 2 aromatic rings. The molecule has 2 aromatic carbocycles. The van der Waals surface area contributed by atoms with Gasteiger partial charge in [-0.1, -0.05) is 34.1 Å². The van der Waals surface area contributed by atoms with Crippen LogP contribution in [0.2, 0.25) is 0 Å². The predicted octanol–water partition coefficient (Wildman–Crippen LogP) is 4.62. The van der Waals surface area contributed by atoms with Crippen molar-refractivity contribution >= 4 is 27.5 Å². The number of alkyl halides is 1. The smallest absolute Gasteiger partial charge is 0.255 e. The highest BCUT2D eigenvalue weighted by Crippen LogP contribution is 2.18. The maximum Gasteiger partial charge on any atom is 0.255 e. The molecule has 0 aliphatic rings. The van der Waals surface area contributed by atoms with Crippen LogP contribution in [0, 0.1) is 0 Å². The van der Waals surface area contributed by atoms with Crippen LogP contribution in [0.25, 0.3) is 0 Å². The summed E-state index contributed by atoms with van der Waals surface area (Å²) < 4.78 is 5.61. The van der Waals surface area contributed by atoms with Gasteiger partial charge in [-0.15, -0.1) is 0 Å². The van der Waals surface area contributed by atoms with Crippen LogP contribution >= 0.6 is 15.9 Å². The van der Waals surface area contributed by atoms with Gasteiger partial charge in [0.15, 0.2) is 0 Å². The summed E-state index contributed by atoms with van der Waals surface area (Å²) in [6.07, 6.45) is 0.0823. The number of carbonyl (C=O) groups excluding carboxylic acids is 1. The fourth-order valence-corrected chi connectivity index (χ4v) is 2.27. The van der Waals surface area contributed by atoms with Crippen molar-refractivity contribution in [2.45, 2.75) is 25.3 Å². The van der Waals surface area contributed by atoms with Gasteiger partial charge < -0.3 is 10.1 Å². The van der Waals surface area contributed by atoms with Crippen molar-refractivity contribution in [2.24, 2.45) is 0 Å². The van der Waals surface area contributed by atoms with E-state index in [1.807, 2.05) is 50.2 Å². The SMILES string of the molecule is CC(C)Oc1cccc(C(=O)Nc2cccc(CBr)c2)c1. The van der Waals surface area contributed by atoms with Gasteiger partial charge in [0.2, 0.25) is 0 Å². The number of benzene rings is 2. The molecule has 0 saturated heterocycles. The molecule has 0 aliphatic heterocycles. The highest BCUT2D eigenvalue weighted by atomic mass is 79.9. The average molecular weight is 348 g/mol. The number of hydrogen-bond acceptors (Lipinski definition) is 2. The second-order valence-electron chi connectivity index (χ2n) is 4.98. The number of carbonyl (C=O) groups is 1. The van der Waals surface area contributed by atoms with Crippen LogP contribution in [0.15, 0.2) is 48.5 Å². The van der Waals surface area contributed by atoms with E-state index in [0.717, 1.165) is 16.6 Å². The minimum atomic E-state index is -0.143. The number of anilines is 1. The van der Waals surface area contributed by atoms with Gasteiger partial charge in [0, 0.05) is 16.6 Å². The largest absolute Gasteiger partial charge is 0.491 e. The Labute approximate surface area is 133 Å². The Balaban J connectivity index is 2.12. The molecule has 3 nitrogen and oxygen atoms in total. The van der Waals surface area contributed by atoms with E-state index in [9.17, 15) is 4.79 Å². The first kappa shape index (κ1) is 15.6. The van der Waals surface area contributed by atoms with E-state index in [1.54, 1.807) is 12.1 Å². The molecule has 0 fully saturated rings. The first-order valence-corrected chi connectivity index (χ1v) is 7.93. The van der Waals surface area contributed by atoms with Gasteiger partial charge in [-0.25, -0.2) is 0 Å². The number of ether oxygens (including phenoxy) is 1. The number of halogens is 1. The van der Waals surface area contributed by atoms with E-state index >= 15 is 0 Å². The summed E-state index contributed by atoms with van der Waals surface area (Å²) in [5, 5.41) is 3.66. The highest BCUT2D eigenvalue weighted by molar-refractivity contribution is 9.08. The quantitative estimate of drug-likeness (QED) is 0.801. The molecule has 0 bridgehead atoms. The molecule has 0 aromatic heterocycles. The minimum absolute atomic E-state index is 0.0823. The summed E-state index contributed by atoms with van der Waals surface area (Å²) in [5.41, 5.74) is 2.48. The van der Waals surface area contributed by atoms with E-state index in [-0.39, 0.29) is 12.0 Å². The van der Waals surface area contributed by atoms with Crippen molar-refractivity contribution < 1.29 is 9.53 Å². The average Bonchev–Trinajstić information content (AvgIpc) is 2.47. The van der Waals surface area contributed by atoms with Gasteiger partial charge in [0.05, 0.1) is 6.10 Å². The van der Waals surface area contributed by atoms with Crippen LogP contribution in [0.1, 0.15) is 29.8 Å². The van der Waals surface area contributed by atoms with E-state index < -0.39 is 0 Å². The maximum absolute atomic E-state index is 12.3. The zero-order valence-corrected chi connectivity index (χ0v) is 13.7. The van der Waals surface area contributed by atoms with E-state index in [0.29, 0.717) is 11.3 Å². The van der Waals surface area contributed by atoms with Crippen LogP contribution in [0.5, 0.6) is 5.75 Å². The second kappa shape index (κ2) is 7.27. The first-order chi connectivity index (χ1) is 10.1. The standard InChI is InChI=1S/C17H18BrNO2/c1-12(2)21-16-8-4-6-14(10-16)17(20)19-15-7-3-5-13(9-15)11-18/h3-10,12H,11H2,1-2H3,(H,19,20). The Morgan fingerprint density at radius 2 is 1.95 bits per heavy atom. The highest BCUT2D eigenvalue weighted by Gasteiger charge is 2.08. The Kier molecular flexibility index (Phi) is 5.39. The topological polar surface area (TPSA) is 38.3 Å². The van der Waals surface area contributed by atoms with Crippen molar-refractivity contribution in [3.63, 3.8) is 0 Å². The van der Waals surface area contributed by atoms with Gasteiger partial charge in [-0.2, -0.15) is 0 Å². The number of amides is 1. The summed E-state index contributed by atoms with van der Waals surface area (Å²) >= 11 is 3.41. The van der Waals surface area contributed by atoms with Gasteiger partial charge in [0.1, 0.15) is 5.75 Å². The monoisotopic (exact) mass is 347 g/mol. The van der Waals surface area contributed by atoms with Crippen molar-refractivity contribution in [2.75, 3.05) is 5.32 Å². The molecule has 0 unspecified atom stereocenters. The molecular weight excluding hydrogens is 330 g/mol. The van der Waals surface area contributed by atoms with Crippen molar-refractivity contribution in [1.82, 2.24) is 0 Å². The summed E-state index contributed by atoms with van der Waals surface area (Å²) in [6, 6.07) is 14.9. The molecule has 2 rings (SSSR count). The zero-order valence-electron chi connectivity index (χ0n) is 12.1. The lowest BCUT2D eigenvalue weighted by Crippen LogP contribution is -2.12. The van der Waals surface area contributed by atoms with Crippen LogP contribution in [0.3, 0.4) is 0 Å². The molecule has 4 heteroatoms. The van der Waals surface area contributed by atoms with Crippen molar-refractivity contribution in [3.05, 3.63) is 59.7 Å². The van der Waals surface area contributed by atoms with Crippen LogP contribution in [-0.2, 0) is 5.33 Å². The lowest BCUT2D eigenvalue weighted by molar-refractivity contribution is 0.102. The lowest BCUT2D eigenvalue weighted by atomic mass is 10.2. The van der Waals surface area contributed by atoms with Gasteiger partial charge in [-0.05, 0) is 49.7 Å². The van der Waals surface area contributed by atoms with Crippen LogP contribution in [0.4, 0.5) is 5.69 Å². The summed E-state index contributed by atoms with van der Waals surface area (Å²) in [7, 11) is 0. The zero-order chi connectivity index (χ0) is 15.2. The van der Waals surface area contributed by atoms with Gasteiger partial charge in [0.25, 0.3) is 5.91 Å². The Morgan fingerprint density at radius 1 is 1.19 bits per heavy atom. The molecule has 1 amide bonds. The van der Waals surface area contributed by atoms with E-state index in [2.05, 4.69) is 21.2 Å². The molecule has 0 heterocycles. The van der Waals surface area contributed by atoms with Crippen molar-refractivity contribution in [3.8, 4) is 5.75 Å². The molecule has 0 aliphatic carbocycles. The lowest BCUT2D eigenvalue weighted by Gasteiger charge is -2.11. The Bertz CT molecular complexity index is 626. The van der Waals surface area contributed by atoms with Gasteiger partial charge in [-0.3, -0.25) is 4.79 Å².